The number of aliphatic hydroxyl groups is 1. The number of ether oxygens (including phenoxy) is 2. The van der Waals surface area contributed by atoms with Gasteiger partial charge >= 0.3 is 13.5 Å². The SMILES string of the molecule is C=C1N=NN(CCCCCC)C1O[C@@H]1[C@H](OP(=O)(O)O)[C@@H](CO)O[C@H]1n1ccc(=O)[nH]c1=O. The van der Waals surface area contributed by atoms with Crippen LogP contribution in [0.25, 0.3) is 0 Å². The number of H-pyrrole nitrogens is 1. The van der Waals surface area contributed by atoms with E-state index in [-0.39, 0.29) is 5.70 Å². The summed E-state index contributed by atoms with van der Waals surface area (Å²) in [6.45, 7) is 5.70. The Hall–Kier alpha value is -2.19. The fraction of sp³-hybridized carbons (Fsp3) is 0.667. The van der Waals surface area contributed by atoms with E-state index in [1.54, 1.807) is 0 Å². The molecular formula is C18H28N5O9P. The minimum absolute atomic E-state index is 0.237. The zero-order chi connectivity index (χ0) is 24.2. The second-order valence-electron chi connectivity index (χ2n) is 7.68. The van der Waals surface area contributed by atoms with Crippen molar-refractivity contribution < 1.29 is 33.5 Å². The van der Waals surface area contributed by atoms with Gasteiger partial charge in [-0.2, -0.15) is 0 Å². The average molecular weight is 489 g/mol. The van der Waals surface area contributed by atoms with Crippen molar-refractivity contribution in [3.8, 4) is 0 Å². The van der Waals surface area contributed by atoms with E-state index in [0.29, 0.717) is 6.54 Å². The Morgan fingerprint density at radius 2 is 2.03 bits per heavy atom. The van der Waals surface area contributed by atoms with Gasteiger partial charge in [-0.05, 0) is 6.42 Å². The van der Waals surface area contributed by atoms with Gasteiger partial charge in [0.25, 0.3) is 5.56 Å². The van der Waals surface area contributed by atoms with Gasteiger partial charge in [0.1, 0.15) is 24.0 Å². The first-order valence-corrected chi connectivity index (χ1v) is 12.0. The minimum atomic E-state index is -5.04. The summed E-state index contributed by atoms with van der Waals surface area (Å²) in [6.07, 6.45) is -1.22. The quantitative estimate of drug-likeness (QED) is 0.250. The number of aromatic amines is 1. The van der Waals surface area contributed by atoms with Gasteiger partial charge in [0.05, 0.1) is 6.61 Å². The van der Waals surface area contributed by atoms with Crippen molar-refractivity contribution in [3.63, 3.8) is 0 Å². The number of nitrogens with one attached hydrogen (secondary N) is 1. The number of aromatic nitrogens is 2. The molecule has 0 aliphatic carbocycles. The number of nitrogens with zero attached hydrogens (tertiary/aromatic N) is 4. The van der Waals surface area contributed by atoms with Crippen LogP contribution in [0.2, 0.25) is 0 Å². The summed E-state index contributed by atoms with van der Waals surface area (Å²) in [7, 11) is -5.04. The number of hydrogen-bond donors (Lipinski definition) is 4. The van der Waals surface area contributed by atoms with Crippen molar-refractivity contribution in [2.45, 2.75) is 63.4 Å². The molecule has 0 spiro atoms. The molecule has 1 fully saturated rings. The van der Waals surface area contributed by atoms with Gasteiger partial charge in [0.2, 0.25) is 0 Å². The number of aliphatic hydroxyl groups excluding tert-OH is 1. The Kier molecular flexibility index (Phi) is 8.34. The minimum Gasteiger partial charge on any atom is -0.394 e. The van der Waals surface area contributed by atoms with Crippen molar-refractivity contribution in [1.29, 1.82) is 0 Å². The Morgan fingerprint density at radius 3 is 2.67 bits per heavy atom. The maximum absolute atomic E-state index is 12.4. The lowest BCUT2D eigenvalue weighted by molar-refractivity contribution is -0.130. The molecule has 0 saturated carbocycles. The van der Waals surface area contributed by atoms with Gasteiger partial charge in [0.15, 0.2) is 12.5 Å². The molecule has 0 bridgehead atoms. The van der Waals surface area contributed by atoms with Crippen molar-refractivity contribution in [1.82, 2.24) is 14.6 Å². The first kappa shape index (κ1) is 25.4. The molecule has 0 radical (unpaired) electrons. The summed E-state index contributed by atoms with van der Waals surface area (Å²) in [6, 6.07) is 1.08. The van der Waals surface area contributed by atoms with Gasteiger partial charge in [-0.3, -0.25) is 18.9 Å². The monoisotopic (exact) mass is 489 g/mol. The van der Waals surface area contributed by atoms with Gasteiger partial charge in [-0.1, -0.05) is 38.0 Å². The van der Waals surface area contributed by atoms with E-state index in [1.807, 2.05) is 0 Å². The molecular weight excluding hydrogens is 461 g/mol. The molecule has 1 unspecified atom stereocenters. The summed E-state index contributed by atoms with van der Waals surface area (Å²) in [5.41, 5.74) is -1.25. The first-order chi connectivity index (χ1) is 15.6. The molecule has 0 amide bonds. The van der Waals surface area contributed by atoms with Gasteiger partial charge in [-0.25, -0.2) is 14.4 Å². The third-order valence-corrected chi connectivity index (χ3v) is 5.74. The number of unbranched alkanes of at least 4 members (excludes halogenated alkanes) is 3. The average Bonchev–Trinajstić information content (AvgIpc) is 3.25. The maximum Gasteiger partial charge on any atom is 0.470 e. The van der Waals surface area contributed by atoms with Crippen LogP contribution < -0.4 is 11.2 Å². The van der Waals surface area contributed by atoms with Crippen LogP contribution >= 0.6 is 7.82 Å². The third kappa shape index (κ3) is 6.23. The molecule has 33 heavy (non-hydrogen) atoms. The molecule has 2 aliphatic rings. The molecule has 3 rings (SSSR count). The Labute approximate surface area is 188 Å². The Bertz CT molecular complexity index is 1020. The normalized spacial score (nSPS) is 27.6. The summed E-state index contributed by atoms with van der Waals surface area (Å²) >= 11 is 0. The zero-order valence-corrected chi connectivity index (χ0v) is 18.9. The van der Waals surface area contributed by atoms with Crippen LogP contribution in [0.15, 0.2) is 44.5 Å². The van der Waals surface area contributed by atoms with E-state index < -0.39 is 56.4 Å². The smallest absolute Gasteiger partial charge is 0.394 e. The molecule has 15 heteroatoms. The summed E-state index contributed by atoms with van der Waals surface area (Å²) in [5.74, 6) is 0. The van der Waals surface area contributed by atoms with Crippen LogP contribution in [0.3, 0.4) is 0 Å². The van der Waals surface area contributed by atoms with Crippen LogP contribution in [0.5, 0.6) is 0 Å². The third-order valence-electron chi connectivity index (χ3n) is 5.22. The van der Waals surface area contributed by atoms with Crippen molar-refractivity contribution in [2.75, 3.05) is 13.2 Å². The highest BCUT2D eigenvalue weighted by Crippen LogP contribution is 2.45. The fourth-order valence-corrected chi connectivity index (χ4v) is 4.25. The lowest BCUT2D eigenvalue weighted by atomic mass is 10.1. The lowest BCUT2D eigenvalue weighted by Crippen LogP contribution is -2.45. The maximum atomic E-state index is 12.4. The molecule has 4 N–H and O–H groups in total. The molecule has 2 aliphatic heterocycles. The second kappa shape index (κ2) is 10.8. The highest BCUT2D eigenvalue weighted by Gasteiger charge is 2.51. The van der Waals surface area contributed by atoms with E-state index in [9.17, 15) is 29.0 Å². The molecule has 1 aromatic heterocycles. The van der Waals surface area contributed by atoms with E-state index in [4.69, 9.17) is 14.0 Å². The van der Waals surface area contributed by atoms with Crippen molar-refractivity contribution in [3.05, 3.63) is 45.4 Å². The predicted octanol–water partition coefficient (Wildman–Crippen LogP) is 0.392. The Balaban J connectivity index is 1.91. The van der Waals surface area contributed by atoms with Gasteiger partial charge < -0.3 is 24.4 Å². The van der Waals surface area contributed by atoms with Crippen LogP contribution in [0.4, 0.5) is 0 Å². The van der Waals surface area contributed by atoms with Gasteiger partial charge in [-0.15, -0.1) is 5.11 Å². The number of rotatable bonds is 11. The molecule has 5 atom stereocenters. The lowest BCUT2D eigenvalue weighted by Gasteiger charge is -2.30. The van der Waals surface area contributed by atoms with Crippen LogP contribution in [0, 0.1) is 0 Å². The highest BCUT2D eigenvalue weighted by atomic mass is 31.2. The summed E-state index contributed by atoms with van der Waals surface area (Å²) < 4.78 is 29.2. The van der Waals surface area contributed by atoms with Crippen molar-refractivity contribution in [2.24, 2.45) is 10.3 Å². The van der Waals surface area contributed by atoms with Crippen LogP contribution in [-0.4, -0.2) is 67.1 Å². The number of hydrogen-bond acceptors (Lipinski definition) is 10. The predicted molar refractivity (Wildman–Crippen MR) is 113 cm³/mol. The van der Waals surface area contributed by atoms with Gasteiger partial charge in [0, 0.05) is 18.8 Å². The topological polar surface area (TPSA) is 188 Å². The van der Waals surface area contributed by atoms with Crippen LogP contribution in [-0.2, 0) is 18.6 Å². The molecule has 14 nitrogen and oxygen atoms in total. The number of phosphoric ester groups is 1. The van der Waals surface area contributed by atoms with E-state index in [0.717, 1.165) is 42.5 Å². The molecule has 1 aromatic rings. The molecule has 0 aromatic carbocycles. The fourth-order valence-electron chi connectivity index (χ4n) is 3.68. The number of phosphoric acid groups is 1. The van der Waals surface area contributed by atoms with E-state index in [1.165, 1.54) is 5.01 Å². The highest BCUT2D eigenvalue weighted by molar-refractivity contribution is 7.46. The summed E-state index contributed by atoms with van der Waals surface area (Å²) in [4.78, 5) is 44.7. The first-order valence-electron chi connectivity index (χ1n) is 10.5. The molecule has 1 saturated heterocycles. The zero-order valence-electron chi connectivity index (χ0n) is 18.0. The molecule has 184 valence electrons. The Morgan fingerprint density at radius 1 is 1.27 bits per heavy atom. The van der Waals surface area contributed by atoms with E-state index in [2.05, 4.69) is 28.8 Å². The standard InChI is InChI=1S/C18H28N5O9P/c1-3-4-5-6-8-23-16(11(2)20-21-23)31-15-14(32-33(27,28)29)12(10-24)30-17(15)22-9-7-13(25)19-18(22)26/h7,9,12,14-17,24H,2-6,8,10H2,1H3,(H,19,25,26)(H2,27,28,29)/t12-,14-,15-,16?,17-/m1/s1. The van der Waals surface area contributed by atoms with Crippen molar-refractivity contribution >= 4 is 7.82 Å². The van der Waals surface area contributed by atoms with Crippen LogP contribution in [0.1, 0.15) is 38.8 Å². The molecule has 3 heterocycles. The van der Waals surface area contributed by atoms with E-state index >= 15 is 0 Å². The summed E-state index contributed by atoms with van der Waals surface area (Å²) in [5, 5.41) is 19.2. The largest absolute Gasteiger partial charge is 0.470 e. The second-order valence-corrected chi connectivity index (χ2v) is 8.88.